The van der Waals surface area contributed by atoms with E-state index in [0.29, 0.717) is 37.9 Å². The monoisotopic (exact) mass is 474 g/mol. The summed E-state index contributed by atoms with van der Waals surface area (Å²) in [6.45, 7) is 1.01. The smallest absolute Gasteiger partial charge is 0.403 e. The lowest BCUT2D eigenvalue weighted by molar-refractivity contribution is -0.137. The summed E-state index contributed by atoms with van der Waals surface area (Å²) in [5, 5.41) is 12.6. The standard InChI is InChI=1S/C25H29F3N4O2/c26-25(27,28)18-7-5-16(6-8-18)13-24(34)31-11-9-17(10-12-31)23(33)14-21-19-3-1-2-4-20(19)22(15-29)32(21)30/h1-8,15,17,21,23,33H,9-14,29-30H2/b22-15-. The van der Waals surface area contributed by atoms with E-state index in [1.165, 1.54) is 18.3 Å². The Morgan fingerprint density at radius 3 is 2.38 bits per heavy atom. The molecule has 9 heteroatoms. The highest BCUT2D eigenvalue weighted by Crippen LogP contribution is 2.42. The van der Waals surface area contributed by atoms with Gasteiger partial charge in [-0.05, 0) is 48.4 Å². The highest BCUT2D eigenvalue weighted by atomic mass is 19.4. The average molecular weight is 475 g/mol. The Morgan fingerprint density at radius 1 is 1.12 bits per heavy atom. The molecular weight excluding hydrogens is 445 g/mol. The molecule has 2 heterocycles. The molecule has 0 spiro atoms. The van der Waals surface area contributed by atoms with Crippen molar-refractivity contribution in [3.8, 4) is 0 Å². The topological polar surface area (TPSA) is 95.8 Å². The number of rotatable bonds is 5. The lowest BCUT2D eigenvalue weighted by Crippen LogP contribution is -2.42. The van der Waals surface area contributed by atoms with Crippen LogP contribution in [0.3, 0.4) is 0 Å². The third-order valence-electron chi connectivity index (χ3n) is 6.91. The minimum atomic E-state index is -4.39. The number of hydrazine groups is 1. The van der Waals surface area contributed by atoms with Gasteiger partial charge in [0.2, 0.25) is 5.91 Å². The lowest BCUT2D eigenvalue weighted by atomic mass is 9.86. The number of benzene rings is 2. The van der Waals surface area contributed by atoms with E-state index in [4.69, 9.17) is 11.6 Å². The second-order valence-corrected chi connectivity index (χ2v) is 8.95. The number of carbonyl (C=O) groups is 1. The van der Waals surface area contributed by atoms with Gasteiger partial charge in [0.25, 0.3) is 0 Å². The number of amides is 1. The number of likely N-dealkylation sites (tertiary alicyclic amines) is 1. The Kier molecular flexibility index (Phi) is 6.86. The Bertz CT molecular complexity index is 1050. The number of halogens is 3. The van der Waals surface area contributed by atoms with E-state index in [1.807, 2.05) is 24.3 Å². The number of nitrogens with zero attached hydrogens (tertiary/aromatic N) is 2. The predicted molar refractivity (Wildman–Crippen MR) is 122 cm³/mol. The van der Waals surface area contributed by atoms with Gasteiger partial charge in [-0.15, -0.1) is 0 Å². The number of hydrogen-bond acceptors (Lipinski definition) is 5. The summed E-state index contributed by atoms with van der Waals surface area (Å²) in [7, 11) is 0. The molecule has 5 N–H and O–H groups in total. The minimum absolute atomic E-state index is 0.0292. The maximum absolute atomic E-state index is 12.7. The number of hydrogen-bond donors (Lipinski definition) is 3. The van der Waals surface area contributed by atoms with Crippen LogP contribution in [0.15, 0.2) is 54.7 Å². The summed E-state index contributed by atoms with van der Waals surface area (Å²) in [5.74, 6) is 6.20. The van der Waals surface area contributed by atoms with Gasteiger partial charge >= 0.3 is 6.18 Å². The largest absolute Gasteiger partial charge is 0.416 e. The van der Waals surface area contributed by atoms with E-state index in [1.54, 1.807) is 9.91 Å². The van der Waals surface area contributed by atoms with Gasteiger partial charge in [0.1, 0.15) is 0 Å². The fourth-order valence-electron chi connectivity index (χ4n) is 4.95. The van der Waals surface area contributed by atoms with E-state index in [0.717, 1.165) is 29.0 Å². The van der Waals surface area contributed by atoms with Gasteiger partial charge in [-0.25, -0.2) is 5.84 Å². The normalized spacial score (nSPS) is 21.1. The zero-order valence-corrected chi connectivity index (χ0v) is 18.7. The van der Waals surface area contributed by atoms with Crippen molar-refractivity contribution in [3.05, 3.63) is 77.0 Å². The predicted octanol–water partition coefficient (Wildman–Crippen LogP) is 3.43. The van der Waals surface area contributed by atoms with Gasteiger partial charge in [0.05, 0.1) is 29.8 Å². The Hall–Kier alpha value is -3.04. The fraction of sp³-hybridized carbons (Fsp3) is 0.400. The van der Waals surface area contributed by atoms with Crippen LogP contribution >= 0.6 is 0 Å². The van der Waals surface area contributed by atoms with Gasteiger partial charge in [0.15, 0.2) is 0 Å². The highest BCUT2D eigenvalue weighted by Gasteiger charge is 2.36. The molecule has 2 unspecified atom stereocenters. The number of carbonyl (C=O) groups excluding carboxylic acids is 1. The van der Waals surface area contributed by atoms with E-state index in [2.05, 4.69) is 0 Å². The number of piperidine rings is 1. The zero-order valence-electron chi connectivity index (χ0n) is 18.7. The van der Waals surface area contributed by atoms with Crippen molar-refractivity contribution in [2.24, 2.45) is 17.5 Å². The van der Waals surface area contributed by atoms with Gasteiger partial charge in [-0.2, -0.15) is 13.2 Å². The molecule has 2 atom stereocenters. The van der Waals surface area contributed by atoms with Crippen LogP contribution in [0.4, 0.5) is 13.2 Å². The van der Waals surface area contributed by atoms with Crippen LogP contribution in [0.5, 0.6) is 0 Å². The van der Waals surface area contributed by atoms with Crippen LogP contribution in [0, 0.1) is 5.92 Å². The van der Waals surface area contributed by atoms with Gasteiger partial charge < -0.3 is 20.7 Å². The number of fused-ring (bicyclic) bond motifs is 1. The first-order valence-corrected chi connectivity index (χ1v) is 11.4. The molecule has 0 saturated carbocycles. The first-order valence-electron chi connectivity index (χ1n) is 11.4. The van der Waals surface area contributed by atoms with Crippen LogP contribution in [-0.4, -0.2) is 40.1 Å². The number of nitrogens with two attached hydrogens (primary N) is 2. The molecule has 2 aliphatic rings. The second-order valence-electron chi connectivity index (χ2n) is 8.95. The first kappa shape index (κ1) is 24.1. The van der Waals surface area contributed by atoms with E-state index >= 15 is 0 Å². The second kappa shape index (κ2) is 9.68. The van der Waals surface area contributed by atoms with E-state index < -0.39 is 17.8 Å². The first-order chi connectivity index (χ1) is 16.2. The van der Waals surface area contributed by atoms with E-state index in [9.17, 15) is 23.1 Å². The molecular formula is C25H29F3N4O2. The van der Waals surface area contributed by atoms with Crippen molar-refractivity contribution in [1.29, 1.82) is 0 Å². The molecule has 2 aromatic rings. The zero-order chi connectivity index (χ0) is 24.5. The average Bonchev–Trinajstić information content (AvgIpc) is 3.09. The van der Waals surface area contributed by atoms with Crippen LogP contribution in [-0.2, 0) is 17.4 Å². The molecule has 0 aromatic heterocycles. The van der Waals surface area contributed by atoms with Gasteiger partial charge in [-0.1, -0.05) is 36.4 Å². The van der Waals surface area contributed by atoms with Crippen LogP contribution in [0.25, 0.3) is 5.70 Å². The third-order valence-corrected chi connectivity index (χ3v) is 6.91. The molecule has 0 aliphatic carbocycles. The maximum Gasteiger partial charge on any atom is 0.416 e. The number of aliphatic hydroxyl groups excluding tert-OH is 1. The van der Waals surface area contributed by atoms with Gasteiger partial charge in [0, 0.05) is 24.9 Å². The van der Waals surface area contributed by atoms with Crippen molar-refractivity contribution in [1.82, 2.24) is 9.91 Å². The lowest BCUT2D eigenvalue weighted by Gasteiger charge is -2.36. The molecule has 1 fully saturated rings. The minimum Gasteiger partial charge on any atom is -0.403 e. The van der Waals surface area contributed by atoms with Crippen molar-refractivity contribution < 1.29 is 23.1 Å². The molecule has 1 saturated heterocycles. The summed E-state index contributed by atoms with van der Waals surface area (Å²) in [4.78, 5) is 14.4. The Morgan fingerprint density at radius 2 is 1.76 bits per heavy atom. The molecule has 2 aromatic carbocycles. The SMILES string of the molecule is N/C=C1/c2ccccc2C(CC(O)C2CCN(C(=O)Cc3ccc(C(F)(F)F)cc3)CC2)N1N. The Labute approximate surface area is 196 Å². The summed E-state index contributed by atoms with van der Waals surface area (Å²) < 4.78 is 38.2. The number of aliphatic hydroxyl groups is 1. The third kappa shape index (κ3) is 4.90. The molecule has 1 amide bonds. The van der Waals surface area contributed by atoms with Crippen molar-refractivity contribution >= 4 is 11.6 Å². The fourth-order valence-corrected chi connectivity index (χ4v) is 4.95. The summed E-state index contributed by atoms with van der Waals surface area (Å²) in [6.07, 6.45) is -1.69. The maximum atomic E-state index is 12.7. The van der Waals surface area contributed by atoms with Crippen molar-refractivity contribution in [2.75, 3.05) is 13.1 Å². The summed E-state index contributed by atoms with van der Waals surface area (Å²) >= 11 is 0. The molecule has 6 nitrogen and oxygen atoms in total. The number of alkyl halides is 3. The molecule has 0 radical (unpaired) electrons. The van der Waals surface area contributed by atoms with Crippen molar-refractivity contribution in [3.63, 3.8) is 0 Å². The molecule has 0 bridgehead atoms. The quantitative estimate of drug-likeness (QED) is 0.577. The molecule has 4 rings (SSSR count). The molecule has 34 heavy (non-hydrogen) atoms. The summed E-state index contributed by atoms with van der Waals surface area (Å²) in [6, 6.07) is 12.3. The Balaban J connectivity index is 1.31. The highest BCUT2D eigenvalue weighted by molar-refractivity contribution is 5.79. The summed E-state index contributed by atoms with van der Waals surface area (Å²) in [5.41, 5.74) is 8.32. The molecule has 2 aliphatic heterocycles. The van der Waals surface area contributed by atoms with E-state index in [-0.39, 0.29) is 24.3 Å². The van der Waals surface area contributed by atoms with Gasteiger partial charge in [-0.3, -0.25) is 4.79 Å². The van der Waals surface area contributed by atoms with Crippen molar-refractivity contribution in [2.45, 2.75) is 44.0 Å². The molecule has 182 valence electrons. The van der Waals surface area contributed by atoms with Crippen LogP contribution in [0.2, 0.25) is 0 Å². The van der Waals surface area contributed by atoms with Crippen LogP contribution < -0.4 is 11.6 Å². The van der Waals surface area contributed by atoms with Crippen LogP contribution in [0.1, 0.15) is 47.6 Å².